The molecule has 0 amide bonds. The number of aryl methyl sites for hydroxylation is 1. The van der Waals surface area contributed by atoms with E-state index >= 15 is 0 Å². The molecule has 2 heterocycles. The van der Waals surface area contributed by atoms with Crippen molar-refractivity contribution in [2.75, 3.05) is 0 Å². The topological polar surface area (TPSA) is 48.6 Å². The van der Waals surface area contributed by atoms with Crippen molar-refractivity contribution in [2.24, 2.45) is 0 Å². The molecule has 2 N–H and O–H groups in total. The van der Waals surface area contributed by atoms with Gasteiger partial charge in [-0.15, -0.1) is 11.3 Å². The molecular formula is C14H11BrN2OS2. The van der Waals surface area contributed by atoms with Crippen LogP contribution in [0.1, 0.15) is 11.8 Å². The van der Waals surface area contributed by atoms with Crippen LogP contribution in [0, 0.1) is 4.77 Å². The van der Waals surface area contributed by atoms with Crippen molar-refractivity contribution in [3.05, 3.63) is 48.7 Å². The molecule has 6 heteroatoms. The molecule has 0 atom stereocenters. The molecule has 0 aliphatic heterocycles. The monoisotopic (exact) mass is 366 g/mol. The van der Waals surface area contributed by atoms with Gasteiger partial charge in [-0.3, -0.25) is 9.78 Å². The van der Waals surface area contributed by atoms with Gasteiger partial charge in [0.25, 0.3) is 5.56 Å². The lowest BCUT2D eigenvalue weighted by atomic mass is 10.0. The highest BCUT2D eigenvalue weighted by atomic mass is 79.9. The summed E-state index contributed by atoms with van der Waals surface area (Å²) in [5.41, 5.74) is 1.93. The highest BCUT2D eigenvalue weighted by Gasteiger charge is 2.16. The van der Waals surface area contributed by atoms with Crippen LogP contribution in [0.2, 0.25) is 0 Å². The van der Waals surface area contributed by atoms with Gasteiger partial charge in [0.05, 0.1) is 5.39 Å². The van der Waals surface area contributed by atoms with E-state index < -0.39 is 0 Å². The number of rotatable bonds is 2. The average molecular weight is 367 g/mol. The minimum Gasteiger partial charge on any atom is -0.323 e. The smallest absolute Gasteiger partial charge is 0.261 e. The zero-order valence-electron chi connectivity index (χ0n) is 10.6. The summed E-state index contributed by atoms with van der Waals surface area (Å²) in [6.07, 6.45) is 0.880. The van der Waals surface area contributed by atoms with Crippen LogP contribution in [-0.2, 0) is 6.42 Å². The summed E-state index contributed by atoms with van der Waals surface area (Å²) in [5, 5.41) is 0.697. The van der Waals surface area contributed by atoms with E-state index in [0.29, 0.717) is 10.2 Å². The number of aromatic nitrogens is 2. The zero-order chi connectivity index (χ0) is 14.3. The Bertz CT molecular complexity index is 890. The van der Waals surface area contributed by atoms with Crippen LogP contribution in [0.3, 0.4) is 0 Å². The number of fused-ring (bicyclic) bond motifs is 1. The number of aromatic amines is 2. The summed E-state index contributed by atoms with van der Waals surface area (Å²) < 4.78 is 1.39. The fourth-order valence-corrected chi connectivity index (χ4v) is 3.94. The summed E-state index contributed by atoms with van der Waals surface area (Å²) in [6.45, 7) is 2.09. The molecule has 0 saturated carbocycles. The highest BCUT2D eigenvalue weighted by Crippen LogP contribution is 2.36. The molecule has 0 bridgehead atoms. The Labute approximate surface area is 132 Å². The number of hydrogen-bond acceptors (Lipinski definition) is 3. The third-order valence-electron chi connectivity index (χ3n) is 3.12. The van der Waals surface area contributed by atoms with Crippen molar-refractivity contribution in [1.82, 2.24) is 9.97 Å². The minimum absolute atomic E-state index is 0.127. The second kappa shape index (κ2) is 5.27. The maximum atomic E-state index is 12.2. The van der Waals surface area contributed by atoms with Crippen LogP contribution in [0.15, 0.2) is 33.5 Å². The second-order valence-electron chi connectivity index (χ2n) is 4.37. The summed E-state index contributed by atoms with van der Waals surface area (Å²) >= 11 is 10.1. The van der Waals surface area contributed by atoms with Gasteiger partial charge >= 0.3 is 0 Å². The molecule has 0 aliphatic rings. The number of hydrogen-bond donors (Lipinski definition) is 2. The summed E-state index contributed by atoms with van der Waals surface area (Å²) in [4.78, 5) is 20.0. The van der Waals surface area contributed by atoms with Crippen molar-refractivity contribution in [3.8, 4) is 11.1 Å². The predicted octanol–water partition coefficient (Wildman–Crippen LogP) is 4.64. The highest BCUT2D eigenvalue weighted by molar-refractivity contribution is 9.10. The Morgan fingerprint density at radius 2 is 1.95 bits per heavy atom. The van der Waals surface area contributed by atoms with Crippen LogP contribution in [0.5, 0.6) is 0 Å². The van der Waals surface area contributed by atoms with E-state index in [4.69, 9.17) is 12.2 Å². The molecule has 0 spiro atoms. The molecule has 3 rings (SSSR count). The largest absolute Gasteiger partial charge is 0.323 e. The SMILES string of the molecule is CCc1sc2[nH]c(=S)[nH]c(=O)c2c1-c1ccc(Br)cc1. The molecule has 0 unspecified atom stereocenters. The fourth-order valence-electron chi connectivity index (χ4n) is 2.25. The van der Waals surface area contributed by atoms with Crippen molar-refractivity contribution < 1.29 is 0 Å². The summed E-state index contributed by atoms with van der Waals surface area (Å²) in [5.74, 6) is 0. The van der Waals surface area contributed by atoms with Crippen molar-refractivity contribution in [1.29, 1.82) is 0 Å². The van der Waals surface area contributed by atoms with E-state index in [-0.39, 0.29) is 5.56 Å². The Morgan fingerprint density at radius 3 is 2.60 bits per heavy atom. The van der Waals surface area contributed by atoms with Gasteiger partial charge in [0.1, 0.15) is 4.83 Å². The van der Waals surface area contributed by atoms with Gasteiger partial charge in [-0.25, -0.2) is 0 Å². The van der Waals surface area contributed by atoms with Crippen LogP contribution in [-0.4, -0.2) is 9.97 Å². The molecule has 2 aromatic heterocycles. The molecule has 0 radical (unpaired) electrons. The number of benzene rings is 1. The maximum Gasteiger partial charge on any atom is 0.261 e. The lowest BCUT2D eigenvalue weighted by molar-refractivity contribution is 1.15. The molecule has 1 aromatic carbocycles. The third kappa shape index (κ3) is 2.28. The first-order valence-electron chi connectivity index (χ1n) is 6.14. The van der Waals surface area contributed by atoms with Gasteiger partial charge in [-0.05, 0) is 36.3 Å². The average Bonchev–Trinajstić information content (AvgIpc) is 2.78. The molecule has 20 heavy (non-hydrogen) atoms. The van der Waals surface area contributed by atoms with Crippen molar-refractivity contribution >= 4 is 49.7 Å². The first-order valence-corrected chi connectivity index (χ1v) is 8.16. The lowest BCUT2D eigenvalue weighted by Crippen LogP contribution is -2.07. The maximum absolute atomic E-state index is 12.2. The van der Waals surface area contributed by atoms with Crippen LogP contribution in [0.4, 0.5) is 0 Å². The van der Waals surface area contributed by atoms with Gasteiger partial charge in [-0.1, -0.05) is 35.0 Å². The van der Waals surface area contributed by atoms with E-state index in [1.807, 2.05) is 24.3 Å². The fraction of sp³-hybridized carbons (Fsp3) is 0.143. The molecule has 3 nitrogen and oxygen atoms in total. The van der Waals surface area contributed by atoms with E-state index in [9.17, 15) is 4.79 Å². The third-order valence-corrected chi connectivity index (χ3v) is 5.10. The summed E-state index contributed by atoms with van der Waals surface area (Å²) in [7, 11) is 0. The minimum atomic E-state index is -0.127. The van der Waals surface area contributed by atoms with E-state index in [1.165, 1.54) is 4.88 Å². The number of halogens is 1. The number of H-pyrrole nitrogens is 2. The van der Waals surface area contributed by atoms with Gasteiger partial charge in [0, 0.05) is 14.9 Å². The molecule has 102 valence electrons. The number of thiophene rings is 1. The first kappa shape index (κ1) is 13.7. The van der Waals surface area contributed by atoms with Gasteiger partial charge in [0.2, 0.25) is 0 Å². The molecule has 3 aromatic rings. The molecule has 0 aliphatic carbocycles. The quantitative estimate of drug-likeness (QED) is 0.649. The van der Waals surface area contributed by atoms with E-state index in [1.54, 1.807) is 11.3 Å². The lowest BCUT2D eigenvalue weighted by Gasteiger charge is -2.03. The second-order valence-corrected chi connectivity index (χ2v) is 6.80. The standard InChI is InChI=1S/C14H11BrN2OS2/c1-2-9-10(7-3-5-8(15)6-4-7)11-12(18)16-14(19)17-13(11)20-9/h3-6H,2H2,1H3,(H2,16,17,18,19). The Morgan fingerprint density at radius 1 is 1.25 bits per heavy atom. The van der Waals surface area contributed by atoms with Crippen LogP contribution >= 0.6 is 39.5 Å². The molecule has 0 saturated heterocycles. The predicted molar refractivity (Wildman–Crippen MR) is 90.1 cm³/mol. The summed E-state index contributed by atoms with van der Waals surface area (Å²) in [6, 6.07) is 8.01. The van der Waals surface area contributed by atoms with Crippen molar-refractivity contribution in [3.63, 3.8) is 0 Å². The molecule has 0 fully saturated rings. The van der Waals surface area contributed by atoms with Gasteiger partial charge in [0.15, 0.2) is 4.77 Å². The van der Waals surface area contributed by atoms with E-state index in [0.717, 1.165) is 26.9 Å². The van der Waals surface area contributed by atoms with E-state index in [2.05, 4.69) is 32.8 Å². The van der Waals surface area contributed by atoms with Crippen LogP contribution < -0.4 is 5.56 Å². The van der Waals surface area contributed by atoms with Crippen LogP contribution in [0.25, 0.3) is 21.3 Å². The Hall–Kier alpha value is -1.24. The zero-order valence-corrected chi connectivity index (χ0v) is 13.8. The first-order chi connectivity index (χ1) is 9.60. The van der Waals surface area contributed by atoms with Gasteiger partial charge < -0.3 is 4.98 Å². The Balaban J connectivity index is 2.41. The van der Waals surface area contributed by atoms with Crippen molar-refractivity contribution in [2.45, 2.75) is 13.3 Å². The van der Waals surface area contributed by atoms with Gasteiger partial charge in [-0.2, -0.15) is 0 Å². The normalized spacial score (nSPS) is 11.1. The number of nitrogens with one attached hydrogen (secondary N) is 2. The Kier molecular flexibility index (Phi) is 3.62. The molecular weight excluding hydrogens is 356 g/mol.